The van der Waals surface area contributed by atoms with Crippen LogP contribution in [0.15, 0.2) is 59.8 Å². The summed E-state index contributed by atoms with van der Waals surface area (Å²) in [5, 5.41) is 7.89. The third-order valence-corrected chi connectivity index (χ3v) is 6.42. The van der Waals surface area contributed by atoms with Gasteiger partial charge in [0, 0.05) is 41.3 Å². The molecule has 194 valence electrons. The predicted octanol–water partition coefficient (Wildman–Crippen LogP) is 2.71. The minimum Gasteiger partial charge on any atom is -0.378 e. The highest BCUT2D eigenvalue weighted by Gasteiger charge is 2.24. The number of rotatable bonds is 8. The lowest BCUT2D eigenvalue weighted by molar-refractivity contribution is -0.135. The van der Waals surface area contributed by atoms with Crippen LogP contribution in [0, 0.1) is 12.8 Å². The summed E-state index contributed by atoms with van der Waals surface area (Å²) < 4.78 is 7.24. The van der Waals surface area contributed by atoms with E-state index < -0.39 is 11.9 Å². The topological polar surface area (TPSA) is 105 Å². The Kier molecular flexibility index (Phi) is 8.35. The van der Waals surface area contributed by atoms with E-state index in [0.29, 0.717) is 31.9 Å². The van der Waals surface area contributed by atoms with Crippen LogP contribution in [0.3, 0.4) is 0 Å². The van der Waals surface area contributed by atoms with E-state index in [4.69, 9.17) is 4.74 Å². The molecule has 1 atom stereocenters. The molecular weight excluding hydrogens is 470 g/mol. The number of amides is 3. The van der Waals surface area contributed by atoms with Crippen molar-refractivity contribution in [2.75, 3.05) is 26.3 Å². The Morgan fingerprint density at radius 2 is 1.76 bits per heavy atom. The summed E-state index contributed by atoms with van der Waals surface area (Å²) in [6, 6.07) is 14.2. The van der Waals surface area contributed by atoms with Crippen LogP contribution < -0.4 is 10.7 Å². The fourth-order valence-corrected chi connectivity index (χ4v) is 4.27. The van der Waals surface area contributed by atoms with Crippen molar-refractivity contribution in [1.82, 2.24) is 20.2 Å². The molecule has 37 heavy (non-hydrogen) atoms. The van der Waals surface area contributed by atoms with Gasteiger partial charge in [-0.05, 0) is 31.0 Å². The number of benzene rings is 2. The Balaban J connectivity index is 1.44. The molecule has 1 saturated heterocycles. The fourth-order valence-electron chi connectivity index (χ4n) is 4.27. The first-order valence-electron chi connectivity index (χ1n) is 12.5. The quantitative estimate of drug-likeness (QED) is 0.364. The molecule has 2 aromatic carbocycles. The summed E-state index contributed by atoms with van der Waals surface area (Å²) in [6.45, 7) is 8.18. The highest BCUT2D eigenvalue weighted by atomic mass is 16.5. The van der Waals surface area contributed by atoms with Crippen LogP contribution in [0.4, 0.5) is 0 Å². The minimum atomic E-state index is -0.751. The van der Waals surface area contributed by atoms with Gasteiger partial charge in [0.15, 0.2) is 0 Å². The second kappa shape index (κ2) is 11.8. The average Bonchev–Trinajstić information content (AvgIpc) is 3.25. The van der Waals surface area contributed by atoms with E-state index in [1.165, 1.54) is 0 Å². The van der Waals surface area contributed by atoms with Crippen molar-refractivity contribution in [2.24, 2.45) is 11.0 Å². The third kappa shape index (κ3) is 6.42. The van der Waals surface area contributed by atoms with Crippen molar-refractivity contribution in [3.63, 3.8) is 0 Å². The molecule has 1 aliphatic heterocycles. The maximum absolute atomic E-state index is 12.9. The lowest BCUT2D eigenvalue weighted by atomic mass is 10.0. The Bertz CT molecular complexity index is 1290. The molecule has 9 heteroatoms. The first kappa shape index (κ1) is 26.1. The number of carbonyl (C=O) groups excluding carboxylic acids is 3. The van der Waals surface area contributed by atoms with E-state index in [9.17, 15) is 14.4 Å². The van der Waals surface area contributed by atoms with E-state index in [0.717, 1.165) is 22.0 Å². The largest absolute Gasteiger partial charge is 0.378 e. The summed E-state index contributed by atoms with van der Waals surface area (Å²) in [5.41, 5.74) is 5.79. The summed E-state index contributed by atoms with van der Waals surface area (Å²) in [4.78, 5) is 40.1. The van der Waals surface area contributed by atoms with Gasteiger partial charge in [0.05, 0.1) is 19.4 Å². The summed E-state index contributed by atoms with van der Waals surface area (Å²) in [6.07, 6.45) is 3.42. The zero-order valence-electron chi connectivity index (χ0n) is 21.4. The summed E-state index contributed by atoms with van der Waals surface area (Å²) in [7, 11) is 0. The molecule has 1 unspecified atom stereocenters. The number of fused-ring (bicyclic) bond motifs is 1. The first-order chi connectivity index (χ1) is 17.8. The molecule has 3 amide bonds. The van der Waals surface area contributed by atoms with Crippen LogP contribution in [0.5, 0.6) is 0 Å². The van der Waals surface area contributed by atoms with Gasteiger partial charge >= 0.3 is 0 Å². The van der Waals surface area contributed by atoms with E-state index in [-0.39, 0.29) is 24.3 Å². The molecule has 0 bridgehead atoms. The van der Waals surface area contributed by atoms with Crippen molar-refractivity contribution in [3.05, 3.63) is 71.4 Å². The third-order valence-electron chi connectivity index (χ3n) is 6.42. The number of ether oxygens (including phenoxy) is 1. The van der Waals surface area contributed by atoms with Crippen LogP contribution in [0.1, 0.15) is 35.3 Å². The minimum absolute atomic E-state index is 0.0324. The van der Waals surface area contributed by atoms with Crippen molar-refractivity contribution < 1.29 is 19.1 Å². The Hall–Kier alpha value is -3.98. The molecule has 0 spiro atoms. The molecule has 0 saturated carbocycles. The van der Waals surface area contributed by atoms with Gasteiger partial charge in [-0.25, -0.2) is 5.43 Å². The lowest BCUT2D eigenvalue weighted by Gasteiger charge is -2.27. The Morgan fingerprint density at radius 1 is 1.05 bits per heavy atom. The molecule has 1 aliphatic rings. The smallest absolute Gasteiger partial charge is 0.262 e. The number of para-hydroxylation sites is 1. The van der Waals surface area contributed by atoms with E-state index >= 15 is 0 Å². The maximum atomic E-state index is 12.9. The fraction of sp³-hybridized carbons (Fsp3) is 0.357. The van der Waals surface area contributed by atoms with Gasteiger partial charge in [0.25, 0.3) is 11.8 Å². The number of morpholine rings is 1. The average molecular weight is 504 g/mol. The molecule has 2 heterocycles. The monoisotopic (exact) mass is 503 g/mol. The van der Waals surface area contributed by atoms with Gasteiger partial charge in [-0.2, -0.15) is 5.10 Å². The number of hydrazone groups is 1. The van der Waals surface area contributed by atoms with Gasteiger partial charge in [-0.3, -0.25) is 14.4 Å². The van der Waals surface area contributed by atoms with E-state index in [1.807, 2.05) is 72.8 Å². The van der Waals surface area contributed by atoms with Crippen molar-refractivity contribution >= 4 is 34.8 Å². The van der Waals surface area contributed by atoms with Crippen molar-refractivity contribution in [1.29, 1.82) is 0 Å². The number of aromatic nitrogens is 1. The summed E-state index contributed by atoms with van der Waals surface area (Å²) >= 11 is 0. The molecule has 1 fully saturated rings. The SMILES string of the molecule is Cc1ccc(C(=O)NC(C(=O)N/N=C\c2cn(CC(=O)N3CCOCC3)c3ccccc23)C(C)C)cc1. The first-order valence-corrected chi connectivity index (χ1v) is 12.5. The van der Waals surface area contributed by atoms with Crippen molar-refractivity contribution in [2.45, 2.75) is 33.4 Å². The number of hydrogen-bond donors (Lipinski definition) is 2. The summed E-state index contributed by atoms with van der Waals surface area (Å²) in [5.74, 6) is -0.827. The zero-order chi connectivity index (χ0) is 26.4. The number of nitrogens with one attached hydrogen (secondary N) is 2. The predicted molar refractivity (Wildman–Crippen MR) is 142 cm³/mol. The zero-order valence-corrected chi connectivity index (χ0v) is 21.4. The molecule has 3 aromatic rings. The number of nitrogens with zero attached hydrogens (tertiary/aromatic N) is 3. The van der Waals surface area contributed by atoms with Gasteiger partial charge in [-0.15, -0.1) is 0 Å². The maximum Gasteiger partial charge on any atom is 0.262 e. The Morgan fingerprint density at radius 3 is 2.46 bits per heavy atom. The lowest BCUT2D eigenvalue weighted by Crippen LogP contribution is -2.48. The molecule has 0 aliphatic carbocycles. The molecule has 1 aromatic heterocycles. The molecule has 4 rings (SSSR count). The molecule has 9 nitrogen and oxygen atoms in total. The second-order valence-corrected chi connectivity index (χ2v) is 9.52. The van der Waals surface area contributed by atoms with E-state index in [2.05, 4.69) is 15.8 Å². The Labute approximate surface area is 216 Å². The van der Waals surface area contributed by atoms with Gasteiger partial charge in [0.2, 0.25) is 5.91 Å². The van der Waals surface area contributed by atoms with Crippen LogP contribution in [-0.2, 0) is 20.9 Å². The number of carbonyl (C=O) groups is 3. The molecule has 2 N–H and O–H groups in total. The molecular formula is C28H33N5O4. The molecule has 0 radical (unpaired) electrons. The number of hydrogen-bond acceptors (Lipinski definition) is 5. The highest BCUT2D eigenvalue weighted by molar-refractivity contribution is 6.01. The van der Waals surface area contributed by atoms with Crippen LogP contribution in [0.25, 0.3) is 10.9 Å². The number of aryl methyl sites for hydroxylation is 1. The highest BCUT2D eigenvalue weighted by Crippen LogP contribution is 2.20. The van der Waals surface area contributed by atoms with Crippen molar-refractivity contribution in [3.8, 4) is 0 Å². The normalized spacial score (nSPS) is 14.8. The van der Waals surface area contributed by atoms with Gasteiger partial charge in [0.1, 0.15) is 12.6 Å². The van der Waals surface area contributed by atoms with Crippen LogP contribution in [-0.4, -0.2) is 65.7 Å². The van der Waals surface area contributed by atoms with Gasteiger partial charge < -0.3 is 19.5 Å². The second-order valence-electron chi connectivity index (χ2n) is 9.52. The van der Waals surface area contributed by atoms with Crippen LogP contribution in [0.2, 0.25) is 0 Å². The van der Waals surface area contributed by atoms with Crippen LogP contribution >= 0.6 is 0 Å². The van der Waals surface area contributed by atoms with E-state index in [1.54, 1.807) is 18.3 Å². The van der Waals surface area contributed by atoms with Gasteiger partial charge in [-0.1, -0.05) is 49.7 Å². The standard InChI is InChI=1S/C28H33N5O4/c1-19(2)26(30-27(35)21-10-8-20(3)9-11-21)28(36)31-29-16-22-17-33(24-7-5-4-6-23(22)24)18-25(34)32-12-14-37-15-13-32/h4-11,16-17,19,26H,12-15,18H2,1-3H3,(H,30,35)(H,31,36)/b29-16-.